The first-order valence-corrected chi connectivity index (χ1v) is 5.89. The molecule has 1 aliphatic rings. The summed E-state index contributed by atoms with van der Waals surface area (Å²) in [6, 6.07) is -0.652. The highest BCUT2D eigenvalue weighted by Gasteiger charge is 2.42. The Bertz CT molecular complexity index is 373. The Morgan fingerprint density at radius 2 is 2.05 bits per heavy atom. The molecule has 1 heterocycles. The lowest BCUT2D eigenvalue weighted by molar-refractivity contribution is -0.167. The number of urea groups is 1. The first-order chi connectivity index (χ1) is 8.56. The van der Waals surface area contributed by atoms with Crippen molar-refractivity contribution in [3.05, 3.63) is 0 Å². The summed E-state index contributed by atoms with van der Waals surface area (Å²) in [4.78, 5) is 23.9. The highest BCUT2D eigenvalue weighted by atomic mass is 19.4. The summed E-state index contributed by atoms with van der Waals surface area (Å²) in [7, 11) is 0. The standard InChI is InChI=1S/C11H17F3N2O3/c1-7(11(12,13)14)5-15-9(19)16-4-3-10(2,6-16)8(17)18/h7H,3-6H2,1-2H3,(H,15,19)(H,17,18). The van der Waals surface area contributed by atoms with Gasteiger partial charge in [-0.2, -0.15) is 13.2 Å². The molecular weight excluding hydrogens is 265 g/mol. The van der Waals surface area contributed by atoms with E-state index in [1.165, 1.54) is 11.8 Å². The van der Waals surface area contributed by atoms with Crippen molar-refractivity contribution in [2.24, 2.45) is 11.3 Å². The number of nitrogens with zero attached hydrogens (tertiary/aromatic N) is 1. The number of likely N-dealkylation sites (tertiary alicyclic amines) is 1. The summed E-state index contributed by atoms with van der Waals surface area (Å²) in [5.41, 5.74) is -1.02. The van der Waals surface area contributed by atoms with Gasteiger partial charge in [0.1, 0.15) is 0 Å². The molecular formula is C11H17F3N2O3. The number of carbonyl (C=O) groups excluding carboxylic acids is 1. The Morgan fingerprint density at radius 1 is 1.47 bits per heavy atom. The molecule has 0 aromatic heterocycles. The average molecular weight is 282 g/mol. The highest BCUT2D eigenvalue weighted by molar-refractivity contribution is 5.79. The minimum atomic E-state index is -4.35. The monoisotopic (exact) mass is 282 g/mol. The molecule has 5 nitrogen and oxygen atoms in total. The number of rotatable bonds is 3. The molecule has 1 rings (SSSR count). The second-order valence-electron chi connectivity index (χ2n) is 5.17. The molecule has 0 aromatic rings. The number of hydrogen-bond acceptors (Lipinski definition) is 2. The molecule has 0 saturated carbocycles. The third-order valence-electron chi connectivity index (χ3n) is 3.40. The van der Waals surface area contributed by atoms with E-state index in [1.54, 1.807) is 0 Å². The maximum Gasteiger partial charge on any atom is 0.393 e. The third kappa shape index (κ3) is 3.74. The smallest absolute Gasteiger partial charge is 0.393 e. The SMILES string of the molecule is CC(CNC(=O)N1CCC(C)(C(=O)O)C1)C(F)(F)F. The quantitative estimate of drug-likeness (QED) is 0.827. The van der Waals surface area contributed by atoms with Crippen LogP contribution in [0.15, 0.2) is 0 Å². The van der Waals surface area contributed by atoms with E-state index in [9.17, 15) is 22.8 Å². The van der Waals surface area contributed by atoms with Crippen molar-refractivity contribution in [1.82, 2.24) is 10.2 Å². The zero-order valence-electron chi connectivity index (χ0n) is 10.8. The lowest BCUT2D eigenvalue weighted by Gasteiger charge is -2.22. The summed E-state index contributed by atoms with van der Waals surface area (Å²) in [5, 5.41) is 11.2. The highest BCUT2D eigenvalue weighted by Crippen LogP contribution is 2.30. The molecule has 8 heteroatoms. The number of carbonyl (C=O) groups is 2. The fourth-order valence-corrected chi connectivity index (χ4v) is 1.78. The third-order valence-corrected chi connectivity index (χ3v) is 3.40. The number of halogens is 3. The molecule has 19 heavy (non-hydrogen) atoms. The van der Waals surface area contributed by atoms with Crippen molar-refractivity contribution in [2.75, 3.05) is 19.6 Å². The van der Waals surface area contributed by atoms with E-state index in [2.05, 4.69) is 5.32 Å². The van der Waals surface area contributed by atoms with Gasteiger partial charge in [-0.1, -0.05) is 6.92 Å². The number of alkyl halides is 3. The van der Waals surface area contributed by atoms with Crippen LogP contribution in [0.4, 0.5) is 18.0 Å². The van der Waals surface area contributed by atoms with Crippen LogP contribution in [0.5, 0.6) is 0 Å². The number of carboxylic acid groups (broad SMARTS) is 1. The van der Waals surface area contributed by atoms with Crippen molar-refractivity contribution in [1.29, 1.82) is 0 Å². The van der Waals surface area contributed by atoms with Crippen molar-refractivity contribution >= 4 is 12.0 Å². The van der Waals surface area contributed by atoms with E-state index >= 15 is 0 Å². The van der Waals surface area contributed by atoms with Crippen molar-refractivity contribution in [3.63, 3.8) is 0 Å². The van der Waals surface area contributed by atoms with Crippen LogP contribution in [-0.4, -0.2) is 47.8 Å². The van der Waals surface area contributed by atoms with Gasteiger partial charge in [0.05, 0.1) is 11.3 Å². The summed E-state index contributed by atoms with van der Waals surface area (Å²) < 4.78 is 36.8. The Kier molecular flexibility index (Phi) is 4.32. The van der Waals surface area contributed by atoms with Gasteiger partial charge in [-0.25, -0.2) is 4.79 Å². The predicted octanol–water partition coefficient (Wildman–Crippen LogP) is 1.69. The van der Waals surface area contributed by atoms with E-state index in [1.807, 2.05) is 0 Å². The lowest BCUT2D eigenvalue weighted by Crippen LogP contribution is -2.43. The van der Waals surface area contributed by atoms with Gasteiger partial charge in [-0.15, -0.1) is 0 Å². The van der Waals surface area contributed by atoms with E-state index in [-0.39, 0.29) is 13.1 Å². The Balaban J connectivity index is 2.47. The van der Waals surface area contributed by atoms with Crippen molar-refractivity contribution in [2.45, 2.75) is 26.4 Å². The van der Waals surface area contributed by atoms with Crippen LogP contribution >= 0.6 is 0 Å². The molecule has 0 radical (unpaired) electrons. The molecule has 2 atom stereocenters. The van der Waals surface area contributed by atoms with E-state index < -0.39 is 36.1 Å². The molecule has 1 saturated heterocycles. The number of amides is 2. The van der Waals surface area contributed by atoms with Gasteiger partial charge < -0.3 is 15.3 Å². The van der Waals surface area contributed by atoms with Gasteiger partial charge in [0.25, 0.3) is 0 Å². The van der Waals surface area contributed by atoms with Crippen LogP contribution < -0.4 is 5.32 Å². The first-order valence-electron chi connectivity index (χ1n) is 5.89. The maximum atomic E-state index is 12.3. The van der Waals surface area contributed by atoms with Gasteiger partial charge in [-0.05, 0) is 13.3 Å². The van der Waals surface area contributed by atoms with Crippen LogP contribution in [0, 0.1) is 11.3 Å². The molecule has 2 N–H and O–H groups in total. The Hall–Kier alpha value is -1.47. The zero-order valence-corrected chi connectivity index (χ0v) is 10.8. The summed E-state index contributed by atoms with van der Waals surface area (Å²) in [6.07, 6.45) is -4.06. The average Bonchev–Trinajstić information content (AvgIpc) is 2.68. The van der Waals surface area contributed by atoms with E-state index in [0.29, 0.717) is 6.42 Å². The normalized spacial score (nSPS) is 25.2. The molecule has 110 valence electrons. The summed E-state index contributed by atoms with van der Waals surface area (Å²) in [5.74, 6) is -2.64. The predicted molar refractivity (Wildman–Crippen MR) is 60.6 cm³/mol. The molecule has 2 amide bonds. The summed E-state index contributed by atoms with van der Waals surface area (Å²) in [6.45, 7) is 2.22. The molecule has 0 aromatic carbocycles. The Labute approximate surface area is 108 Å². The van der Waals surface area contributed by atoms with Crippen LogP contribution in [0.1, 0.15) is 20.3 Å². The second-order valence-corrected chi connectivity index (χ2v) is 5.17. The van der Waals surface area contributed by atoms with Crippen LogP contribution in [0.2, 0.25) is 0 Å². The van der Waals surface area contributed by atoms with Crippen LogP contribution in [0.25, 0.3) is 0 Å². The minimum absolute atomic E-state index is 0.00850. The largest absolute Gasteiger partial charge is 0.481 e. The van der Waals surface area contributed by atoms with Gasteiger partial charge in [-0.3, -0.25) is 4.79 Å². The molecule has 0 spiro atoms. The second kappa shape index (κ2) is 5.26. The summed E-state index contributed by atoms with van der Waals surface area (Å²) >= 11 is 0. The molecule has 1 fully saturated rings. The van der Waals surface area contributed by atoms with E-state index in [4.69, 9.17) is 5.11 Å². The van der Waals surface area contributed by atoms with E-state index in [0.717, 1.165) is 6.92 Å². The topological polar surface area (TPSA) is 69.6 Å². The number of aliphatic carboxylic acids is 1. The first kappa shape index (κ1) is 15.6. The van der Waals surface area contributed by atoms with Gasteiger partial charge in [0.2, 0.25) is 0 Å². The number of carboxylic acids is 1. The van der Waals surface area contributed by atoms with Crippen LogP contribution in [-0.2, 0) is 4.79 Å². The minimum Gasteiger partial charge on any atom is -0.481 e. The maximum absolute atomic E-state index is 12.3. The van der Waals surface area contributed by atoms with Gasteiger partial charge in [0, 0.05) is 19.6 Å². The van der Waals surface area contributed by atoms with Crippen molar-refractivity contribution in [3.8, 4) is 0 Å². The van der Waals surface area contributed by atoms with Gasteiger partial charge in [0.15, 0.2) is 0 Å². The fourth-order valence-electron chi connectivity index (χ4n) is 1.78. The lowest BCUT2D eigenvalue weighted by atomic mass is 9.90. The zero-order chi connectivity index (χ0) is 14.8. The molecule has 1 aliphatic heterocycles. The van der Waals surface area contributed by atoms with Crippen molar-refractivity contribution < 1.29 is 27.9 Å². The van der Waals surface area contributed by atoms with Gasteiger partial charge >= 0.3 is 18.2 Å². The number of nitrogens with one attached hydrogen (secondary N) is 1. The van der Waals surface area contributed by atoms with Crippen LogP contribution in [0.3, 0.4) is 0 Å². The molecule has 0 bridgehead atoms. The fraction of sp³-hybridized carbons (Fsp3) is 0.818. The Morgan fingerprint density at radius 3 is 2.47 bits per heavy atom. The molecule has 2 unspecified atom stereocenters. The molecule has 0 aliphatic carbocycles. The number of hydrogen-bond donors (Lipinski definition) is 2.